The van der Waals surface area contributed by atoms with Gasteiger partial charge in [0.15, 0.2) is 11.5 Å². The highest BCUT2D eigenvalue weighted by Gasteiger charge is 2.18. The third kappa shape index (κ3) is 2.92. The van der Waals surface area contributed by atoms with Crippen LogP contribution in [0.5, 0.6) is 0 Å². The van der Waals surface area contributed by atoms with Crippen LogP contribution in [0, 0.1) is 0 Å². The highest BCUT2D eigenvalue weighted by Crippen LogP contribution is 2.07. The van der Waals surface area contributed by atoms with Gasteiger partial charge in [0, 0.05) is 0 Å². The van der Waals surface area contributed by atoms with Gasteiger partial charge in [-0.15, -0.1) is 5.10 Å². The van der Waals surface area contributed by atoms with Gasteiger partial charge < -0.3 is 11.5 Å². The fraction of sp³-hybridized carbons (Fsp3) is 0.250. The molecule has 1 heterocycles. The van der Waals surface area contributed by atoms with E-state index in [0.717, 1.165) is 24.2 Å². The van der Waals surface area contributed by atoms with Crippen LogP contribution in [-0.4, -0.2) is 23.8 Å². The Hall–Kier alpha value is -2.21. The first-order chi connectivity index (χ1) is 8.81. The fourth-order valence-corrected chi connectivity index (χ4v) is 1.55. The Bertz CT molecular complexity index is 489. The summed E-state index contributed by atoms with van der Waals surface area (Å²) in [5.41, 5.74) is 16.4. The van der Waals surface area contributed by atoms with Gasteiger partial charge in [0.2, 0.25) is 0 Å². The van der Waals surface area contributed by atoms with Crippen LogP contribution in [0.15, 0.2) is 45.6 Å². The molecule has 0 spiro atoms. The topological polar surface area (TPSA) is 101 Å². The molecule has 18 heavy (non-hydrogen) atoms. The third-order valence-corrected chi connectivity index (χ3v) is 2.48. The molecule has 6 heteroatoms. The van der Waals surface area contributed by atoms with E-state index in [0.29, 0.717) is 18.1 Å². The number of hydrogen-bond acceptors (Lipinski definition) is 6. The summed E-state index contributed by atoms with van der Waals surface area (Å²) >= 11 is 0. The number of amidine groups is 1. The number of hydrogen-bond donors (Lipinski definition) is 3. The monoisotopic (exact) mass is 244 g/mol. The second kappa shape index (κ2) is 5.92. The van der Waals surface area contributed by atoms with Crippen LogP contribution in [0.1, 0.15) is 12.8 Å². The van der Waals surface area contributed by atoms with Gasteiger partial charge in [0.05, 0.1) is 11.4 Å². The Labute approximate surface area is 105 Å². The van der Waals surface area contributed by atoms with Crippen LogP contribution >= 0.6 is 0 Å². The van der Waals surface area contributed by atoms with Crippen molar-refractivity contribution >= 4 is 22.9 Å². The van der Waals surface area contributed by atoms with Gasteiger partial charge in [-0.25, -0.2) is 0 Å². The van der Waals surface area contributed by atoms with E-state index in [2.05, 4.69) is 20.7 Å². The van der Waals surface area contributed by atoms with Crippen molar-refractivity contribution in [2.45, 2.75) is 12.8 Å². The number of benzene rings is 1. The molecule has 0 amide bonds. The summed E-state index contributed by atoms with van der Waals surface area (Å²) in [5, 5.41) is 12.1. The quantitative estimate of drug-likeness (QED) is 0.671. The van der Waals surface area contributed by atoms with Crippen LogP contribution in [0.3, 0.4) is 0 Å². The number of nitrogens with one attached hydrogen (secondary N) is 1. The van der Waals surface area contributed by atoms with Gasteiger partial charge in [-0.1, -0.05) is 18.2 Å². The van der Waals surface area contributed by atoms with E-state index in [1.165, 1.54) is 0 Å². The van der Waals surface area contributed by atoms with E-state index in [1.54, 1.807) is 0 Å². The van der Waals surface area contributed by atoms with Gasteiger partial charge in [-0.3, -0.25) is 5.43 Å². The summed E-state index contributed by atoms with van der Waals surface area (Å²) in [6.07, 6.45) is 1.57. The molecule has 6 nitrogen and oxygen atoms in total. The highest BCUT2D eigenvalue weighted by molar-refractivity contribution is 6.69. The molecule has 5 N–H and O–H groups in total. The Balaban J connectivity index is 2.06. The zero-order valence-corrected chi connectivity index (χ0v) is 10.0. The summed E-state index contributed by atoms with van der Waals surface area (Å²) in [6, 6.07) is 9.64. The Kier molecular flexibility index (Phi) is 4.03. The van der Waals surface area contributed by atoms with Crippen molar-refractivity contribution in [1.29, 1.82) is 0 Å². The molecule has 0 aliphatic carbocycles. The predicted molar refractivity (Wildman–Crippen MR) is 74.8 cm³/mol. The minimum Gasteiger partial charge on any atom is -0.380 e. The molecule has 0 atom stereocenters. The molecule has 1 aromatic rings. The van der Waals surface area contributed by atoms with Crippen LogP contribution in [-0.2, 0) is 0 Å². The second-order valence-electron chi connectivity index (χ2n) is 3.86. The lowest BCUT2D eigenvalue weighted by atomic mass is 10.1. The lowest BCUT2D eigenvalue weighted by Gasteiger charge is -2.04. The van der Waals surface area contributed by atoms with Gasteiger partial charge >= 0.3 is 0 Å². The van der Waals surface area contributed by atoms with Crippen molar-refractivity contribution in [2.75, 3.05) is 12.0 Å². The summed E-state index contributed by atoms with van der Waals surface area (Å²) < 4.78 is 0. The van der Waals surface area contributed by atoms with E-state index in [1.807, 2.05) is 30.3 Å². The van der Waals surface area contributed by atoms with Crippen molar-refractivity contribution in [1.82, 2.24) is 0 Å². The lowest BCUT2D eigenvalue weighted by Crippen LogP contribution is -2.28. The lowest BCUT2D eigenvalue weighted by molar-refractivity contribution is 0.879. The third-order valence-electron chi connectivity index (χ3n) is 2.48. The molecule has 0 fully saturated rings. The van der Waals surface area contributed by atoms with Crippen molar-refractivity contribution < 1.29 is 0 Å². The summed E-state index contributed by atoms with van der Waals surface area (Å²) in [4.78, 5) is 0. The first-order valence-electron chi connectivity index (χ1n) is 5.81. The molecular formula is C12H16N6. The Morgan fingerprint density at radius 3 is 2.67 bits per heavy atom. The van der Waals surface area contributed by atoms with Gasteiger partial charge in [0.25, 0.3) is 0 Å². The van der Waals surface area contributed by atoms with Crippen LogP contribution < -0.4 is 16.9 Å². The Morgan fingerprint density at radius 1 is 1.17 bits per heavy atom. The maximum Gasteiger partial charge on any atom is 0.175 e. The Morgan fingerprint density at radius 2 is 1.94 bits per heavy atom. The minimum absolute atomic E-state index is 0.338. The SMILES string of the molecule is NCCCC1=NN=C(N)/C1=N/Nc1ccccc1. The van der Waals surface area contributed by atoms with Crippen LogP contribution in [0.4, 0.5) is 5.69 Å². The van der Waals surface area contributed by atoms with Gasteiger partial charge in [-0.05, 0) is 31.5 Å². The molecule has 2 rings (SSSR count). The van der Waals surface area contributed by atoms with Crippen molar-refractivity contribution in [3.63, 3.8) is 0 Å². The molecule has 0 aromatic heterocycles. The van der Waals surface area contributed by atoms with E-state index in [-0.39, 0.29) is 0 Å². The number of nitrogens with zero attached hydrogens (tertiary/aromatic N) is 3. The normalized spacial score (nSPS) is 16.6. The van der Waals surface area contributed by atoms with E-state index in [9.17, 15) is 0 Å². The molecule has 94 valence electrons. The zero-order chi connectivity index (χ0) is 12.8. The largest absolute Gasteiger partial charge is 0.380 e. The summed E-state index contributed by atoms with van der Waals surface area (Å²) in [7, 11) is 0. The number of rotatable bonds is 5. The van der Waals surface area contributed by atoms with Crippen molar-refractivity contribution in [3.8, 4) is 0 Å². The van der Waals surface area contributed by atoms with Crippen LogP contribution in [0.25, 0.3) is 0 Å². The maximum absolute atomic E-state index is 5.74. The first kappa shape index (κ1) is 12.3. The zero-order valence-electron chi connectivity index (χ0n) is 10.0. The first-order valence-corrected chi connectivity index (χ1v) is 5.81. The molecule has 0 unspecified atom stereocenters. The van der Waals surface area contributed by atoms with Crippen molar-refractivity contribution in [3.05, 3.63) is 30.3 Å². The highest BCUT2D eigenvalue weighted by atomic mass is 15.3. The minimum atomic E-state index is 0.338. The standard InChI is InChI=1S/C12H16N6/c13-8-4-7-10-11(12(14)18-16-10)17-15-9-5-2-1-3-6-9/h1-3,5-6,15H,4,7-8,13H2,(H2,14,17,18). The molecule has 0 saturated carbocycles. The molecule has 1 aromatic carbocycles. The number of nitrogens with two attached hydrogens (primary N) is 2. The number of hydrazone groups is 1. The second-order valence-corrected chi connectivity index (χ2v) is 3.86. The molecule has 0 saturated heterocycles. The fourth-order valence-electron chi connectivity index (χ4n) is 1.55. The molecule has 0 bridgehead atoms. The van der Waals surface area contributed by atoms with Crippen LogP contribution in [0.2, 0.25) is 0 Å². The predicted octanol–water partition coefficient (Wildman–Crippen LogP) is 0.920. The molecule has 0 radical (unpaired) electrons. The number of para-hydroxylation sites is 1. The average molecular weight is 244 g/mol. The van der Waals surface area contributed by atoms with Gasteiger partial charge in [0.1, 0.15) is 0 Å². The molecule has 1 aliphatic rings. The number of anilines is 1. The van der Waals surface area contributed by atoms with E-state index in [4.69, 9.17) is 11.5 Å². The van der Waals surface area contributed by atoms with E-state index >= 15 is 0 Å². The molecule has 1 aliphatic heterocycles. The maximum atomic E-state index is 5.74. The molecular weight excluding hydrogens is 228 g/mol. The van der Waals surface area contributed by atoms with Gasteiger partial charge in [-0.2, -0.15) is 10.2 Å². The van der Waals surface area contributed by atoms with E-state index < -0.39 is 0 Å². The smallest absolute Gasteiger partial charge is 0.175 e. The summed E-state index contributed by atoms with van der Waals surface area (Å²) in [5.74, 6) is 0.338. The summed E-state index contributed by atoms with van der Waals surface area (Å²) in [6.45, 7) is 0.609. The average Bonchev–Trinajstić information content (AvgIpc) is 2.76. The van der Waals surface area contributed by atoms with Crippen molar-refractivity contribution in [2.24, 2.45) is 26.8 Å².